The van der Waals surface area contributed by atoms with Crippen LogP contribution >= 0.6 is 9.47 Å². The average Bonchev–Trinajstić information content (AvgIpc) is 2.16. The van der Waals surface area contributed by atoms with E-state index in [1.807, 2.05) is 18.2 Å². The molecule has 0 saturated carbocycles. The summed E-state index contributed by atoms with van der Waals surface area (Å²) in [5.74, 6) is 1.39. The third-order valence-electron chi connectivity index (χ3n) is 1.62. The molecule has 1 aromatic rings. The van der Waals surface area contributed by atoms with E-state index in [1.165, 1.54) is 0 Å². The second kappa shape index (κ2) is 4.29. The van der Waals surface area contributed by atoms with Crippen molar-refractivity contribution < 1.29 is 9.26 Å². The zero-order valence-electron chi connectivity index (χ0n) is 6.91. The summed E-state index contributed by atoms with van der Waals surface area (Å²) >= 11 is 0. The molecule has 0 aliphatic heterocycles. The summed E-state index contributed by atoms with van der Waals surface area (Å²) in [6.07, 6.45) is 0. The molecule has 0 saturated heterocycles. The topological polar surface area (TPSA) is 44.5 Å². The lowest BCUT2D eigenvalue weighted by Crippen LogP contribution is -1.99. The van der Waals surface area contributed by atoms with E-state index in [4.69, 9.17) is 15.0 Å². The summed E-state index contributed by atoms with van der Waals surface area (Å²) < 4.78 is 10.2. The summed E-state index contributed by atoms with van der Waals surface area (Å²) in [6, 6.07) is 5.62. The third kappa shape index (κ3) is 1.68. The first-order valence-corrected chi connectivity index (χ1v) is 4.03. The van der Waals surface area contributed by atoms with Crippen molar-refractivity contribution in [2.24, 2.45) is 5.73 Å². The molecule has 4 heteroatoms. The molecule has 0 fully saturated rings. The monoisotopic (exact) mass is 185 g/mol. The summed E-state index contributed by atoms with van der Waals surface area (Å²) in [7, 11) is 3.78. The van der Waals surface area contributed by atoms with Crippen molar-refractivity contribution in [2.75, 3.05) is 7.11 Å². The molecule has 0 amide bonds. The van der Waals surface area contributed by atoms with Gasteiger partial charge in [0.2, 0.25) is 0 Å². The van der Waals surface area contributed by atoms with Gasteiger partial charge in [0.05, 0.1) is 16.6 Å². The fourth-order valence-electron chi connectivity index (χ4n) is 1.02. The van der Waals surface area contributed by atoms with E-state index in [0.717, 1.165) is 5.56 Å². The van der Waals surface area contributed by atoms with Crippen LogP contribution in [0.5, 0.6) is 11.5 Å². The molecule has 66 valence electrons. The lowest BCUT2D eigenvalue weighted by atomic mass is 10.2. The SMILES string of the molecule is COc1cccc(CN)c1OP. The molecular formula is C8H12NO2P. The first-order chi connectivity index (χ1) is 5.83. The van der Waals surface area contributed by atoms with Gasteiger partial charge in [0.25, 0.3) is 0 Å². The molecule has 0 spiro atoms. The molecule has 1 unspecified atom stereocenters. The minimum absolute atomic E-state index is 0.445. The van der Waals surface area contributed by atoms with Gasteiger partial charge in [-0.15, -0.1) is 0 Å². The molecule has 0 aliphatic carbocycles. The van der Waals surface area contributed by atoms with Gasteiger partial charge < -0.3 is 15.0 Å². The number of rotatable bonds is 3. The largest absolute Gasteiger partial charge is 0.493 e. The number of hydrogen-bond acceptors (Lipinski definition) is 3. The summed E-state index contributed by atoms with van der Waals surface area (Å²) in [4.78, 5) is 0. The van der Waals surface area contributed by atoms with Crippen LogP contribution in [-0.2, 0) is 6.54 Å². The van der Waals surface area contributed by atoms with Crippen LogP contribution in [0.3, 0.4) is 0 Å². The molecular weight excluding hydrogens is 173 g/mol. The molecule has 0 heterocycles. The van der Waals surface area contributed by atoms with E-state index < -0.39 is 0 Å². The molecule has 0 aliphatic rings. The van der Waals surface area contributed by atoms with E-state index in [9.17, 15) is 0 Å². The Morgan fingerprint density at radius 3 is 2.75 bits per heavy atom. The molecule has 2 N–H and O–H groups in total. The fourth-order valence-corrected chi connectivity index (χ4v) is 1.28. The maximum atomic E-state index is 5.50. The van der Waals surface area contributed by atoms with Gasteiger partial charge in [-0.3, -0.25) is 0 Å². The van der Waals surface area contributed by atoms with Crippen LogP contribution in [0.25, 0.3) is 0 Å². The van der Waals surface area contributed by atoms with Gasteiger partial charge in [0.15, 0.2) is 11.5 Å². The Labute approximate surface area is 74.1 Å². The Morgan fingerprint density at radius 1 is 1.50 bits per heavy atom. The second-order valence-electron chi connectivity index (χ2n) is 2.27. The first kappa shape index (κ1) is 9.30. The predicted molar refractivity (Wildman–Crippen MR) is 51.2 cm³/mol. The van der Waals surface area contributed by atoms with Gasteiger partial charge in [-0.05, 0) is 6.07 Å². The van der Waals surface area contributed by atoms with Crippen molar-refractivity contribution in [3.05, 3.63) is 23.8 Å². The molecule has 0 aromatic heterocycles. The molecule has 1 atom stereocenters. The van der Waals surface area contributed by atoms with Crippen LogP contribution < -0.4 is 15.0 Å². The number of nitrogens with two attached hydrogens (primary N) is 1. The number of hydrogen-bond donors (Lipinski definition) is 1. The van der Waals surface area contributed by atoms with Crippen molar-refractivity contribution >= 4 is 9.47 Å². The van der Waals surface area contributed by atoms with Gasteiger partial charge in [-0.1, -0.05) is 12.1 Å². The molecule has 1 aromatic carbocycles. The van der Waals surface area contributed by atoms with Crippen molar-refractivity contribution in [1.29, 1.82) is 0 Å². The average molecular weight is 185 g/mol. The Morgan fingerprint density at radius 2 is 2.25 bits per heavy atom. The quantitative estimate of drug-likeness (QED) is 0.722. The number of methoxy groups -OCH3 is 1. The number of benzene rings is 1. The Hall–Kier alpha value is -0.790. The lowest BCUT2D eigenvalue weighted by molar-refractivity contribution is 0.398. The van der Waals surface area contributed by atoms with E-state index in [2.05, 4.69) is 9.47 Å². The van der Waals surface area contributed by atoms with Crippen molar-refractivity contribution in [3.63, 3.8) is 0 Å². The second-order valence-corrected chi connectivity index (χ2v) is 2.51. The lowest BCUT2D eigenvalue weighted by Gasteiger charge is -2.10. The highest BCUT2D eigenvalue weighted by molar-refractivity contribution is 7.10. The minimum Gasteiger partial charge on any atom is -0.493 e. The maximum Gasteiger partial charge on any atom is 0.168 e. The van der Waals surface area contributed by atoms with Gasteiger partial charge in [-0.2, -0.15) is 0 Å². The maximum absolute atomic E-state index is 5.50. The van der Waals surface area contributed by atoms with Crippen LogP contribution in [0.15, 0.2) is 18.2 Å². The van der Waals surface area contributed by atoms with Crippen LogP contribution in [0.1, 0.15) is 5.56 Å². The van der Waals surface area contributed by atoms with Crippen molar-refractivity contribution in [3.8, 4) is 11.5 Å². The molecule has 12 heavy (non-hydrogen) atoms. The van der Waals surface area contributed by atoms with Crippen LogP contribution in [-0.4, -0.2) is 7.11 Å². The fraction of sp³-hybridized carbons (Fsp3) is 0.250. The van der Waals surface area contributed by atoms with Gasteiger partial charge in [0, 0.05) is 12.1 Å². The minimum atomic E-state index is 0.445. The van der Waals surface area contributed by atoms with E-state index in [0.29, 0.717) is 18.0 Å². The Bertz CT molecular complexity index is 243. The molecule has 3 nitrogen and oxygen atoms in total. The van der Waals surface area contributed by atoms with Gasteiger partial charge in [-0.25, -0.2) is 0 Å². The highest BCUT2D eigenvalue weighted by Gasteiger charge is 2.06. The summed E-state index contributed by atoms with van der Waals surface area (Å²) in [5.41, 5.74) is 6.44. The van der Waals surface area contributed by atoms with E-state index in [1.54, 1.807) is 7.11 Å². The summed E-state index contributed by atoms with van der Waals surface area (Å²) in [5, 5.41) is 0. The normalized spacial score (nSPS) is 9.58. The van der Waals surface area contributed by atoms with Gasteiger partial charge >= 0.3 is 0 Å². The first-order valence-electron chi connectivity index (χ1n) is 3.56. The zero-order chi connectivity index (χ0) is 8.97. The molecule has 0 radical (unpaired) electrons. The standard InChI is InChI=1S/C8H12NO2P/c1-10-7-4-2-3-6(5-9)8(7)11-12/h2-4H,5,9,12H2,1H3. The van der Waals surface area contributed by atoms with Crippen LogP contribution in [0, 0.1) is 0 Å². The van der Waals surface area contributed by atoms with E-state index in [-0.39, 0.29) is 0 Å². The third-order valence-corrected chi connectivity index (χ3v) is 1.85. The summed E-state index contributed by atoms with van der Waals surface area (Å²) in [6.45, 7) is 0.445. The Kier molecular flexibility index (Phi) is 3.32. The Balaban J connectivity index is 3.13. The van der Waals surface area contributed by atoms with E-state index >= 15 is 0 Å². The number of ether oxygens (including phenoxy) is 1. The van der Waals surface area contributed by atoms with Crippen molar-refractivity contribution in [1.82, 2.24) is 0 Å². The van der Waals surface area contributed by atoms with Crippen LogP contribution in [0.2, 0.25) is 0 Å². The highest BCUT2D eigenvalue weighted by Crippen LogP contribution is 2.31. The number of para-hydroxylation sites is 1. The zero-order valence-corrected chi connectivity index (χ0v) is 8.07. The highest BCUT2D eigenvalue weighted by atomic mass is 31.0. The van der Waals surface area contributed by atoms with Crippen LogP contribution in [0.4, 0.5) is 0 Å². The smallest absolute Gasteiger partial charge is 0.168 e. The molecule has 1 rings (SSSR count). The molecule has 0 bridgehead atoms. The van der Waals surface area contributed by atoms with Crippen molar-refractivity contribution in [2.45, 2.75) is 6.54 Å². The van der Waals surface area contributed by atoms with Gasteiger partial charge in [0.1, 0.15) is 0 Å². The predicted octanol–water partition coefficient (Wildman–Crippen LogP) is 1.32.